The first kappa shape index (κ1) is 14.4. The van der Waals surface area contributed by atoms with E-state index in [0.717, 1.165) is 5.39 Å². The van der Waals surface area contributed by atoms with Crippen molar-refractivity contribution in [2.75, 3.05) is 5.43 Å². The molecule has 4 rings (SSSR count). The summed E-state index contributed by atoms with van der Waals surface area (Å²) < 4.78 is 10.5. The number of hydrogen-bond acceptors (Lipinski definition) is 7. The molecule has 3 heterocycles. The van der Waals surface area contributed by atoms with Gasteiger partial charge in [0, 0.05) is 10.8 Å². The van der Waals surface area contributed by atoms with Crippen LogP contribution in [0.15, 0.2) is 72.8 Å². The molecule has 24 heavy (non-hydrogen) atoms. The van der Waals surface area contributed by atoms with Crippen LogP contribution in [0, 0.1) is 0 Å². The van der Waals surface area contributed by atoms with Gasteiger partial charge in [0.05, 0.1) is 23.7 Å². The molecular formula is C17H11N3O3S. The Morgan fingerprint density at radius 3 is 3.00 bits per heavy atom. The van der Waals surface area contributed by atoms with Crippen LogP contribution in [0.25, 0.3) is 22.2 Å². The van der Waals surface area contributed by atoms with Gasteiger partial charge in [0.25, 0.3) is 0 Å². The molecule has 118 valence electrons. The van der Waals surface area contributed by atoms with Crippen LogP contribution < -0.4 is 11.1 Å². The normalized spacial score (nSPS) is 11.3. The van der Waals surface area contributed by atoms with Gasteiger partial charge >= 0.3 is 5.63 Å². The van der Waals surface area contributed by atoms with Gasteiger partial charge in [0.1, 0.15) is 11.3 Å². The van der Waals surface area contributed by atoms with Crippen LogP contribution in [0.4, 0.5) is 5.13 Å². The zero-order valence-electron chi connectivity index (χ0n) is 12.3. The van der Waals surface area contributed by atoms with Gasteiger partial charge in [0.2, 0.25) is 5.13 Å². The number of anilines is 1. The number of aromatic nitrogens is 1. The van der Waals surface area contributed by atoms with E-state index in [2.05, 4.69) is 15.5 Å². The highest BCUT2D eigenvalue weighted by molar-refractivity contribution is 7.14. The molecule has 3 aromatic heterocycles. The number of nitrogens with zero attached hydrogens (tertiary/aromatic N) is 2. The molecule has 0 unspecified atom stereocenters. The summed E-state index contributed by atoms with van der Waals surface area (Å²) in [5, 5.41) is 7.25. The minimum atomic E-state index is -0.412. The number of nitrogens with one attached hydrogen (secondary N) is 1. The van der Waals surface area contributed by atoms with Crippen molar-refractivity contribution < 1.29 is 8.83 Å². The van der Waals surface area contributed by atoms with Crippen molar-refractivity contribution in [3.8, 4) is 11.3 Å². The summed E-state index contributed by atoms with van der Waals surface area (Å²) in [7, 11) is 0. The number of rotatable bonds is 4. The maximum absolute atomic E-state index is 12.1. The Morgan fingerprint density at radius 1 is 1.21 bits per heavy atom. The third-order valence-corrected chi connectivity index (χ3v) is 4.06. The number of benzene rings is 1. The van der Waals surface area contributed by atoms with Crippen LogP contribution in [0.3, 0.4) is 0 Å². The lowest BCUT2D eigenvalue weighted by atomic mass is 10.1. The SMILES string of the molecule is O=c1oc2ccccc2cc1-c1csc(N/N=C/c2ccco2)n1. The molecule has 0 saturated carbocycles. The Hall–Kier alpha value is -3.19. The highest BCUT2D eigenvalue weighted by Crippen LogP contribution is 2.25. The van der Waals surface area contributed by atoms with Gasteiger partial charge in [-0.15, -0.1) is 11.3 Å². The molecule has 0 saturated heterocycles. The van der Waals surface area contributed by atoms with Crippen molar-refractivity contribution in [1.82, 2.24) is 4.98 Å². The lowest BCUT2D eigenvalue weighted by Crippen LogP contribution is -2.02. The highest BCUT2D eigenvalue weighted by Gasteiger charge is 2.11. The predicted octanol–water partition coefficient (Wildman–Crippen LogP) is 3.96. The second-order valence-electron chi connectivity index (χ2n) is 4.91. The molecule has 0 amide bonds. The third kappa shape index (κ3) is 2.84. The summed E-state index contributed by atoms with van der Waals surface area (Å²) in [5.74, 6) is 0.634. The molecule has 4 aromatic rings. The standard InChI is InChI=1S/C17H11N3O3S/c21-16-13(8-11-4-1-2-6-15(11)23-16)14-10-24-17(19-14)20-18-9-12-5-3-7-22-12/h1-10H,(H,19,20)/b18-9+. The molecule has 0 bridgehead atoms. The topological polar surface area (TPSA) is 80.6 Å². The van der Waals surface area contributed by atoms with Crippen LogP contribution >= 0.6 is 11.3 Å². The molecule has 0 fully saturated rings. The number of thiazole rings is 1. The lowest BCUT2D eigenvalue weighted by Gasteiger charge is -1.99. The molecule has 0 aliphatic heterocycles. The third-order valence-electron chi connectivity index (χ3n) is 3.32. The molecule has 0 spiro atoms. The van der Waals surface area contributed by atoms with Gasteiger partial charge in [-0.2, -0.15) is 5.10 Å². The summed E-state index contributed by atoms with van der Waals surface area (Å²) in [6.45, 7) is 0. The van der Waals surface area contributed by atoms with Crippen LogP contribution in [0.1, 0.15) is 5.76 Å². The number of furan rings is 1. The predicted molar refractivity (Wildman–Crippen MR) is 93.5 cm³/mol. The molecule has 6 nitrogen and oxygen atoms in total. The minimum absolute atomic E-state index is 0.412. The molecule has 1 aromatic carbocycles. The Labute approximate surface area is 140 Å². The molecule has 0 atom stereocenters. The van der Waals surface area contributed by atoms with E-state index in [-0.39, 0.29) is 0 Å². The van der Waals surface area contributed by atoms with Crippen molar-refractivity contribution in [1.29, 1.82) is 0 Å². The maximum Gasteiger partial charge on any atom is 0.345 e. The van der Waals surface area contributed by atoms with E-state index in [9.17, 15) is 4.79 Å². The van der Waals surface area contributed by atoms with Crippen LogP contribution in [0.2, 0.25) is 0 Å². The maximum atomic E-state index is 12.1. The fourth-order valence-corrected chi connectivity index (χ4v) is 2.86. The fourth-order valence-electron chi connectivity index (χ4n) is 2.21. The van der Waals surface area contributed by atoms with E-state index in [0.29, 0.717) is 27.7 Å². The number of fused-ring (bicyclic) bond motifs is 1. The van der Waals surface area contributed by atoms with Crippen LogP contribution in [-0.4, -0.2) is 11.2 Å². The molecule has 0 aliphatic carbocycles. The average Bonchev–Trinajstić information content (AvgIpc) is 3.26. The smallest absolute Gasteiger partial charge is 0.345 e. The fraction of sp³-hybridized carbons (Fsp3) is 0. The molecule has 0 aliphatic rings. The molecular weight excluding hydrogens is 326 g/mol. The first-order chi connectivity index (χ1) is 11.8. The van der Waals surface area contributed by atoms with E-state index in [1.165, 1.54) is 11.3 Å². The number of para-hydroxylation sites is 1. The Morgan fingerprint density at radius 2 is 2.12 bits per heavy atom. The van der Waals surface area contributed by atoms with E-state index >= 15 is 0 Å². The van der Waals surface area contributed by atoms with Crippen molar-refractivity contribution >= 4 is 33.7 Å². The van der Waals surface area contributed by atoms with Crippen molar-refractivity contribution in [2.24, 2.45) is 5.10 Å². The van der Waals surface area contributed by atoms with Crippen molar-refractivity contribution in [3.05, 3.63) is 70.3 Å². The summed E-state index contributed by atoms with van der Waals surface area (Å²) in [5.41, 5.74) is 3.93. The van der Waals surface area contributed by atoms with E-state index < -0.39 is 5.63 Å². The zero-order chi connectivity index (χ0) is 16.4. The quantitative estimate of drug-likeness (QED) is 0.346. The van der Waals surface area contributed by atoms with Gasteiger partial charge in [0.15, 0.2) is 0 Å². The van der Waals surface area contributed by atoms with Gasteiger partial charge < -0.3 is 8.83 Å². The van der Waals surface area contributed by atoms with E-state index in [4.69, 9.17) is 8.83 Å². The van der Waals surface area contributed by atoms with Crippen LogP contribution in [-0.2, 0) is 0 Å². The first-order valence-electron chi connectivity index (χ1n) is 7.11. The van der Waals surface area contributed by atoms with Crippen LogP contribution in [0.5, 0.6) is 0 Å². The summed E-state index contributed by atoms with van der Waals surface area (Å²) in [6, 6.07) is 12.7. The second-order valence-corrected chi connectivity index (χ2v) is 5.77. The van der Waals surface area contributed by atoms with E-state index in [1.54, 1.807) is 42.1 Å². The Kier molecular flexibility index (Phi) is 3.68. The Bertz CT molecular complexity index is 1060. The average molecular weight is 337 g/mol. The second kappa shape index (κ2) is 6.13. The summed E-state index contributed by atoms with van der Waals surface area (Å²) >= 11 is 1.35. The molecule has 1 N–H and O–H groups in total. The monoisotopic (exact) mass is 337 g/mol. The van der Waals surface area contributed by atoms with Gasteiger partial charge in [-0.1, -0.05) is 18.2 Å². The first-order valence-corrected chi connectivity index (χ1v) is 7.99. The van der Waals surface area contributed by atoms with Crippen molar-refractivity contribution in [2.45, 2.75) is 0 Å². The van der Waals surface area contributed by atoms with Gasteiger partial charge in [-0.25, -0.2) is 9.78 Å². The summed E-state index contributed by atoms with van der Waals surface area (Å²) in [6.07, 6.45) is 3.12. The zero-order valence-corrected chi connectivity index (χ0v) is 13.1. The van der Waals surface area contributed by atoms with E-state index in [1.807, 2.05) is 18.2 Å². The number of hydrazone groups is 1. The van der Waals surface area contributed by atoms with Gasteiger partial charge in [-0.05, 0) is 24.3 Å². The largest absolute Gasteiger partial charge is 0.463 e. The molecule has 7 heteroatoms. The highest BCUT2D eigenvalue weighted by atomic mass is 32.1. The number of hydrogen-bond donors (Lipinski definition) is 1. The Balaban J connectivity index is 1.60. The minimum Gasteiger partial charge on any atom is -0.463 e. The molecule has 0 radical (unpaired) electrons. The summed E-state index contributed by atoms with van der Waals surface area (Å²) in [4.78, 5) is 16.5. The van der Waals surface area contributed by atoms with Crippen molar-refractivity contribution in [3.63, 3.8) is 0 Å². The van der Waals surface area contributed by atoms with Gasteiger partial charge in [-0.3, -0.25) is 5.43 Å². The lowest BCUT2D eigenvalue weighted by molar-refractivity contribution is 0.560.